The zero-order valence-electron chi connectivity index (χ0n) is 12.8. The SMILES string of the molecule is CC(C)Oc1ccc(/C=N\NC(=O)c2cccc(Br)c2)c(O)c1. The largest absolute Gasteiger partial charge is 0.507 e. The number of ether oxygens (including phenoxy) is 1. The number of nitrogens with zero attached hydrogens (tertiary/aromatic N) is 1. The van der Waals surface area contributed by atoms with Gasteiger partial charge in [0.2, 0.25) is 0 Å². The molecule has 1 amide bonds. The molecular formula is C17H17BrN2O3. The van der Waals surface area contributed by atoms with E-state index in [0.717, 1.165) is 4.47 Å². The Morgan fingerprint density at radius 2 is 2.09 bits per heavy atom. The number of carbonyl (C=O) groups is 1. The molecule has 2 rings (SSSR count). The molecule has 2 aromatic rings. The highest BCUT2D eigenvalue weighted by Crippen LogP contribution is 2.23. The van der Waals surface area contributed by atoms with E-state index >= 15 is 0 Å². The van der Waals surface area contributed by atoms with Gasteiger partial charge in [0.25, 0.3) is 5.91 Å². The van der Waals surface area contributed by atoms with E-state index in [1.807, 2.05) is 19.9 Å². The van der Waals surface area contributed by atoms with Crippen LogP contribution in [0.25, 0.3) is 0 Å². The Morgan fingerprint density at radius 1 is 1.30 bits per heavy atom. The van der Waals surface area contributed by atoms with E-state index in [9.17, 15) is 9.90 Å². The summed E-state index contributed by atoms with van der Waals surface area (Å²) < 4.78 is 6.30. The van der Waals surface area contributed by atoms with Gasteiger partial charge in [0.05, 0.1) is 12.3 Å². The summed E-state index contributed by atoms with van der Waals surface area (Å²) in [6.07, 6.45) is 1.41. The lowest BCUT2D eigenvalue weighted by atomic mass is 10.2. The Kier molecular flexibility index (Phi) is 5.76. The lowest BCUT2D eigenvalue weighted by Crippen LogP contribution is -2.17. The number of halogens is 1. The highest BCUT2D eigenvalue weighted by atomic mass is 79.9. The summed E-state index contributed by atoms with van der Waals surface area (Å²) in [6, 6.07) is 11.9. The summed E-state index contributed by atoms with van der Waals surface area (Å²) in [5.41, 5.74) is 3.39. The predicted molar refractivity (Wildman–Crippen MR) is 93.1 cm³/mol. The molecule has 0 saturated carbocycles. The van der Waals surface area contributed by atoms with Crippen molar-refractivity contribution in [3.8, 4) is 11.5 Å². The van der Waals surface area contributed by atoms with Crippen LogP contribution < -0.4 is 10.2 Å². The second kappa shape index (κ2) is 7.78. The quantitative estimate of drug-likeness (QED) is 0.617. The van der Waals surface area contributed by atoms with Crippen LogP contribution in [0.5, 0.6) is 11.5 Å². The smallest absolute Gasteiger partial charge is 0.271 e. The summed E-state index contributed by atoms with van der Waals surface area (Å²) in [6.45, 7) is 3.81. The molecule has 0 spiro atoms. The fraction of sp³-hybridized carbons (Fsp3) is 0.176. The van der Waals surface area contributed by atoms with Crippen molar-refractivity contribution in [2.45, 2.75) is 20.0 Å². The van der Waals surface area contributed by atoms with Crippen LogP contribution in [0.1, 0.15) is 29.8 Å². The standard InChI is InChI=1S/C17H17BrN2O3/c1-11(2)23-15-7-6-13(16(21)9-15)10-19-20-17(22)12-4-3-5-14(18)8-12/h3-11,21H,1-2H3,(H,20,22)/b19-10-. The average molecular weight is 377 g/mol. The lowest BCUT2D eigenvalue weighted by Gasteiger charge is -2.10. The third-order valence-electron chi connectivity index (χ3n) is 2.83. The topological polar surface area (TPSA) is 70.9 Å². The molecule has 0 aliphatic carbocycles. The fourth-order valence-corrected chi connectivity index (χ4v) is 2.23. The number of rotatable bonds is 5. The molecule has 120 valence electrons. The Bertz CT molecular complexity index is 730. The Morgan fingerprint density at radius 3 is 2.74 bits per heavy atom. The van der Waals surface area contributed by atoms with Crippen molar-refractivity contribution in [1.82, 2.24) is 5.43 Å². The molecule has 0 unspecified atom stereocenters. The van der Waals surface area contributed by atoms with E-state index in [-0.39, 0.29) is 17.8 Å². The number of nitrogens with one attached hydrogen (secondary N) is 1. The maximum absolute atomic E-state index is 11.9. The number of hydrogen-bond donors (Lipinski definition) is 2. The molecule has 0 aliphatic heterocycles. The van der Waals surface area contributed by atoms with Crippen molar-refractivity contribution in [2.75, 3.05) is 0 Å². The van der Waals surface area contributed by atoms with Gasteiger partial charge in [0, 0.05) is 21.7 Å². The zero-order valence-corrected chi connectivity index (χ0v) is 14.4. The molecule has 0 saturated heterocycles. The maximum Gasteiger partial charge on any atom is 0.271 e. The van der Waals surface area contributed by atoms with E-state index in [1.165, 1.54) is 12.3 Å². The third kappa shape index (κ3) is 5.10. The molecule has 6 heteroatoms. The molecule has 0 aromatic heterocycles. The molecule has 0 aliphatic rings. The van der Waals surface area contributed by atoms with Crippen LogP contribution in [0.2, 0.25) is 0 Å². The molecular weight excluding hydrogens is 360 g/mol. The van der Waals surface area contributed by atoms with Gasteiger partial charge >= 0.3 is 0 Å². The van der Waals surface area contributed by atoms with Gasteiger partial charge < -0.3 is 9.84 Å². The lowest BCUT2D eigenvalue weighted by molar-refractivity contribution is 0.0955. The second-order valence-corrected chi connectivity index (χ2v) is 6.01. The number of amides is 1. The average Bonchev–Trinajstić information content (AvgIpc) is 2.48. The molecule has 5 nitrogen and oxygen atoms in total. The Balaban J connectivity index is 2.01. The van der Waals surface area contributed by atoms with Gasteiger partial charge in [-0.05, 0) is 44.2 Å². The minimum absolute atomic E-state index is 0.0263. The van der Waals surface area contributed by atoms with E-state index in [2.05, 4.69) is 26.5 Å². The number of phenols is 1. The number of phenolic OH excluding ortho intramolecular Hbond substituents is 1. The summed E-state index contributed by atoms with van der Waals surface area (Å²) in [7, 11) is 0. The van der Waals surface area contributed by atoms with Crippen LogP contribution >= 0.6 is 15.9 Å². The molecule has 0 atom stereocenters. The first-order chi connectivity index (χ1) is 11.0. The van der Waals surface area contributed by atoms with Crippen molar-refractivity contribution < 1.29 is 14.6 Å². The Hall–Kier alpha value is -2.34. The molecule has 0 heterocycles. The van der Waals surface area contributed by atoms with Crippen LogP contribution in [-0.4, -0.2) is 23.3 Å². The van der Waals surface area contributed by atoms with E-state index < -0.39 is 0 Å². The summed E-state index contributed by atoms with van der Waals surface area (Å²) in [5.74, 6) is 0.276. The van der Waals surface area contributed by atoms with Gasteiger partial charge in [0.1, 0.15) is 11.5 Å². The van der Waals surface area contributed by atoms with E-state index in [1.54, 1.807) is 30.3 Å². The maximum atomic E-state index is 11.9. The highest BCUT2D eigenvalue weighted by Gasteiger charge is 2.05. The Labute approximate surface area is 143 Å². The summed E-state index contributed by atoms with van der Waals surface area (Å²) >= 11 is 3.31. The van der Waals surface area contributed by atoms with E-state index in [4.69, 9.17) is 4.74 Å². The minimum Gasteiger partial charge on any atom is -0.507 e. The second-order valence-electron chi connectivity index (χ2n) is 5.10. The normalized spacial score (nSPS) is 11.0. The summed E-state index contributed by atoms with van der Waals surface area (Å²) in [4.78, 5) is 11.9. The first-order valence-electron chi connectivity index (χ1n) is 7.04. The number of hydrazone groups is 1. The fourth-order valence-electron chi connectivity index (χ4n) is 1.83. The van der Waals surface area contributed by atoms with Crippen LogP contribution in [0, 0.1) is 0 Å². The van der Waals surface area contributed by atoms with Crippen molar-refractivity contribution in [2.24, 2.45) is 5.10 Å². The number of carbonyl (C=O) groups excluding carboxylic acids is 1. The molecule has 0 radical (unpaired) electrons. The molecule has 23 heavy (non-hydrogen) atoms. The number of benzene rings is 2. The van der Waals surface area contributed by atoms with Crippen LogP contribution in [0.4, 0.5) is 0 Å². The zero-order chi connectivity index (χ0) is 16.8. The monoisotopic (exact) mass is 376 g/mol. The summed E-state index contributed by atoms with van der Waals surface area (Å²) in [5, 5.41) is 13.8. The van der Waals surface area contributed by atoms with Gasteiger partial charge in [-0.2, -0.15) is 5.10 Å². The minimum atomic E-state index is -0.332. The van der Waals surface area contributed by atoms with Crippen molar-refractivity contribution in [3.63, 3.8) is 0 Å². The third-order valence-corrected chi connectivity index (χ3v) is 3.32. The first-order valence-corrected chi connectivity index (χ1v) is 7.83. The molecule has 2 aromatic carbocycles. The van der Waals surface area contributed by atoms with Gasteiger partial charge in [-0.15, -0.1) is 0 Å². The molecule has 0 fully saturated rings. The van der Waals surface area contributed by atoms with E-state index in [0.29, 0.717) is 16.9 Å². The van der Waals surface area contributed by atoms with Crippen molar-refractivity contribution in [1.29, 1.82) is 0 Å². The van der Waals surface area contributed by atoms with Gasteiger partial charge in [-0.3, -0.25) is 4.79 Å². The van der Waals surface area contributed by atoms with Crippen LogP contribution in [0.3, 0.4) is 0 Å². The first kappa shape index (κ1) is 17.0. The number of aromatic hydroxyl groups is 1. The van der Waals surface area contributed by atoms with Crippen LogP contribution in [0.15, 0.2) is 52.0 Å². The van der Waals surface area contributed by atoms with Gasteiger partial charge in [0.15, 0.2) is 0 Å². The van der Waals surface area contributed by atoms with Crippen molar-refractivity contribution >= 4 is 28.1 Å². The number of hydrogen-bond acceptors (Lipinski definition) is 4. The highest BCUT2D eigenvalue weighted by molar-refractivity contribution is 9.10. The predicted octanol–water partition coefficient (Wildman–Crippen LogP) is 3.71. The van der Waals surface area contributed by atoms with Crippen molar-refractivity contribution in [3.05, 3.63) is 58.1 Å². The van der Waals surface area contributed by atoms with Crippen LogP contribution in [-0.2, 0) is 0 Å². The van der Waals surface area contributed by atoms with Gasteiger partial charge in [-0.25, -0.2) is 5.43 Å². The molecule has 2 N–H and O–H groups in total. The van der Waals surface area contributed by atoms with Gasteiger partial charge in [-0.1, -0.05) is 22.0 Å². The molecule has 0 bridgehead atoms.